The normalized spacial score (nSPS) is 15.8. The van der Waals surface area contributed by atoms with Gasteiger partial charge >= 0.3 is 5.97 Å². The number of ether oxygens (including phenoxy) is 5. The van der Waals surface area contributed by atoms with Gasteiger partial charge in [0.15, 0.2) is 29.1 Å². The van der Waals surface area contributed by atoms with Crippen molar-refractivity contribution in [3.63, 3.8) is 0 Å². The highest BCUT2D eigenvalue weighted by molar-refractivity contribution is 5.66. The number of hydrogen-bond donors (Lipinski definition) is 0. The molecule has 1 heterocycles. The molecule has 0 amide bonds. The van der Waals surface area contributed by atoms with Crippen LogP contribution in [0.25, 0.3) is 0 Å². The van der Waals surface area contributed by atoms with E-state index in [1.54, 1.807) is 42.5 Å². The Kier molecular flexibility index (Phi) is 8.59. The summed E-state index contributed by atoms with van der Waals surface area (Å²) in [6.07, 6.45) is -1.40. The summed E-state index contributed by atoms with van der Waals surface area (Å²) in [5.41, 5.74) is -0.308. The van der Waals surface area contributed by atoms with Crippen molar-refractivity contribution >= 4 is 5.97 Å². The van der Waals surface area contributed by atoms with Crippen molar-refractivity contribution < 1.29 is 33.4 Å². The zero-order chi connectivity index (χ0) is 26.3. The third-order valence-electron chi connectivity index (χ3n) is 6.43. The average Bonchev–Trinajstić information content (AvgIpc) is 3.29. The molecule has 2 aromatic carbocycles. The molecular weight excluding hydrogens is 468 g/mol. The maximum absolute atomic E-state index is 12.1. The Labute approximate surface area is 209 Å². The van der Waals surface area contributed by atoms with E-state index in [0.29, 0.717) is 35.0 Å². The van der Waals surface area contributed by atoms with E-state index in [4.69, 9.17) is 23.7 Å². The predicted molar refractivity (Wildman–Crippen MR) is 129 cm³/mol. The van der Waals surface area contributed by atoms with Crippen molar-refractivity contribution in [1.29, 1.82) is 5.26 Å². The van der Waals surface area contributed by atoms with Gasteiger partial charge in [-0.2, -0.15) is 5.26 Å². The Bertz CT molecular complexity index is 1110. The van der Waals surface area contributed by atoms with Gasteiger partial charge in [-0.3, -0.25) is 14.9 Å². The quantitative estimate of drug-likeness (QED) is 0.237. The van der Waals surface area contributed by atoms with Gasteiger partial charge in [-0.1, -0.05) is 25.1 Å². The number of carbonyl (C=O) groups excluding carboxylic acids is 1. The molecule has 10 nitrogen and oxygen atoms in total. The van der Waals surface area contributed by atoms with Crippen LogP contribution in [0.3, 0.4) is 0 Å². The molecule has 10 heteroatoms. The maximum Gasteiger partial charge on any atom is 0.303 e. The molecule has 0 saturated carbocycles. The number of nitriles is 1. The fraction of sp³-hybridized carbons (Fsp3) is 0.462. The van der Waals surface area contributed by atoms with Crippen molar-refractivity contribution in [2.75, 3.05) is 14.2 Å². The van der Waals surface area contributed by atoms with Crippen molar-refractivity contribution in [1.82, 2.24) is 0 Å². The van der Waals surface area contributed by atoms with Crippen molar-refractivity contribution in [3.05, 3.63) is 58.1 Å². The van der Waals surface area contributed by atoms with E-state index in [2.05, 4.69) is 6.07 Å². The second-order valence-electron chi connectivity index (χ2n) is 8.50. The molecule has 0 saturated heterocycles. The first-order chi connectivity index (χ1) is 17.3. The summed E-state index contributed by atoms with van der Waals surface area (Å²) in [5, 5.41) is 22.3. The van der Waals surface area contributed by atoms with Gasteiger partial charge in [0.1, 0.15) is 0 Å². The van der Waals surface area contributed by atoms with Crippen molar-refractivity contribution in [3.8, 4) is 29.1 Å². The van der Waals surface area contributed by atoms with E-state index in [9.17, 15) is 20.2 Å². The minimum absolute atomic E-state index is 0.0840. The lowest BCUT2D eigenvalue weighted by Gasteiger charge is -2.29. The lowest BCUT2D eigenvalue weighted by molar-refractivity contribution is -0.537. The van der Waals surface area contributed by atoms with Crippen LogP contribution in [0.5, 0.6) is 23.0 Å². The molecule has 0 radical (unpaired) electrons. The zero-order valence-corrected chi connectivity index (χ0v) is 20.8. The minimum atomic E-state index is -1.30. The highest BCUT2D eigenvalue weighted by atomic mass is 16.7. The predicted octanol–water partition coefficient (Wildman–Crippen LogP) is 4.42. The number of benzene rings is 2. The summed E-state index contributed by atoms with van der Waals surface area (Å²) in [5.74, 6) is 1.34. The monoisotopic (exact) mass is 498 g/mol. The Morgan fingerprint density at radius 2 is 1.81 bits per heavy atom. The molecule has 3 rings (SSSR count). The molecule has 0 aliphatic carbocycles. The molecule has 0 spiro atoms. The van der Waals surface area contributed by atoms with Gasteiger partial charge < -0.3 is 23.7 Å². The second kappa shape index (κ2) is 11.6. The highest BCUT2D eigenvalue weighted by Crippen LogP contribution is 2.39. The highest BCUT2D eigenvalue weighted by Gasteiger charge is 2.42. The fourth-order valence-corrected chi connectivity index (χ4v) is 4.41. The van der Waals surface area contributed by atoms with E-state index in [-0.39, 0.29) is 19.3 Å². The molecule has 1 aliphatic rings. The second-order valence-corrected chi connectivity index (χ2v) is 8.50. The lowest BCUT2D eigenvalue weighted by atomic mass is 9.74. The summed E-state index contributed by atoms with van der Waals surface area (Å²) in [4.78, 5) is 23.5. The maximum atomic E-state index is 12.1. The zero-order valence-electron chi connectivity index (χ0n) is 20.8. The van der Waals surface area contributed by atoms with E-state index in [1.165, 1.54) is 21.1 Å². The number of carbonyl (C=O) groups is 1. The number of para-hydroxylation sites is 2. The Morgan fingerprint density at radius 3 is 2.31 bits per heavy atom. The first-order valence-electron chi connectivity index (χ1n) is 11.6. The minimum Gasteiger partial charge on any atom is -0.493 e. The smallest absolute Gasteiger partial charge is 0.303 e. The number of nitrogens with zero attached hydrogens (tertiary/aromatic N) is 2. The van der Waals surface area contributed by atoms with E-state index in [0.717, 1.165) is 0 Å². The Morgan fingerprint density at radius 1 is 1.17 bits per heavy atom. The lowest BCUT2D eigenvalue weighted by Crippen LogP contribution is -2.42. The van der Waals surface area contributed by atoms with E-state index >= 15 is 0 Å². The third-order valence-corrected chi connectivity index (χ3v) is 6.43. The standard InChI is InChI=1S/C26H30N2O8/c1-5-26(16-27,18-10-11-21(32-3)24(14-18)33-4)13-12-20(34-17(2)29)19(28(30)31)15-25-35-22-8-6-7-9-23(22)36-25/h6-11,14,19-20,25H,5,12-13,15H2,1-4H3. The van der Waals surface area contributed by atoms with Crippen LogP contribution >= 0.6 is 0 Å². The molecule has 0 bridgehead atoms. The number of methoxy groups -OCH3 is 2. The molecular formula is C26H30N2O8. The SMILES string of the molecule is CCC(C#N)(CCC(OC(C)=O)C(CC1Oc2ccccc2O1)[N+](=O)[O-])c1ccc(OC)c(OC)c1. The molecule has 192 valence electrons. The molecule has 1 aliphatic heterocycles. The van der Waals surface area contributed by atoms with Crippen LogP contribution in [0.15, 0.2) is 42.5 Å². The number of fused-ring (bicyclic) bond motifs is 1. The van der Waals surface area contributed by atoms with Gasteiger partial charge in [0.25, 0.3) is 6.04 Å². The molecule has 36 heavy (non-hydrogen) atoms. The van der Waals surface area contributed by atoms with Crippen molar-refractivity contribution in [2.24, 2.45) is 0 Å². The van der Waals surface area contributed by atoms with Crippen LogP contribution in [0.4, 0.5) is 0 Å². The molecule has 2 aromatic rings. The summed E-state index contributed by atoms with van der Waals surface area (Å²) in [6.45, 7) is 3.07. The first-order valence-corrected chi connectivity index (χ1v) is 11.6. The number of hydrogen-bond acceptors (Lipinski definition) is 9. The van der Waals surface area contributed by atoms with Gasteiger partial charge in [0.05, 0.1) is 32.1 Å². The van der Waals surface area contributed by atoms with Crippen LogP contribution in [-0.2, 0) is 14.9 Å². The van der Waals surface area contributed by atoms with E-state index in [1.807, 2.05) is 6.92 Å². The molecule has 3 atom stereocenters. The van der Waals surface area contributed by atoms with Crippen LogP contribution in [0, 0.1) is 21.4 Å². The summed E-state index contributed by atoms with van der Waals surface area (Å²) in [6, 6.07) is 13.3. The number of esters is 1. The Balaban J connectivity index is 1.83. The van der Waals surface area contributed by atoms with Crippen LogP contribution < -0.4 is 18.9 Å². The molecule has 0 aromatic heterocycles. The van der Waals surface area contributed by atoms with Gasteiger partial charge in [-0.05, 0) is 49.1 Å². The van der Waals surface area contributed by atoms with Gasteiger partial charge in [0, 0.05) is 11.8 Å². The summed E-state index contributed by atoms with van der Waals surface area (Å²) >= 11 is 0. The van der Waals surface area contributed by atoms with Crippen molar-refractivity contribution in [2.45, 2.75) is 63.4 Å². The molecule has 3 unspecified atom stereocenters. The first kappa shape index (κ1) is 26.6. The fourth-order valence-electron chi connectivity index (χ4n) is 4.41. The molecule has 0 fully saturated rings. The number of rotatable bonds is 12. The van der Waals surface area contributed by atoms with Crippen LogP contribution in [0.1, 0.15) is 45.1 Å². The summed E-state index contributed by atoms with van der Waals surface area (Å²) in [7, 11) is 3.03. The third kappa shape index (κ3) is 5.79. The van der Waals surface area contributed by atoms with Gasteiger partial charge in [-0.15, -0.1) is 0 Å². The van der Waals surface area contributed by atoms with Gasteiger partial charge in [0.2, 0.25) is 6.29 Å². The van der Waals surface area contributed by atoms with Gasteiger partial charge in [-0.25, -0.2) is 0 Å². The van der Waals surface area contributed by atoms with Crippen LogP contribution in [0.2, 0.25) is 0 Å². The average molecular weight is 499 g/mol. The van der Waals surface area contributed by atoms with E-state index < -0.39 is 34.7 Å². The number of nitro groups is 1. The largest absolute Gasteiger partial charge is 0.493 e. The van der Waals surface area contributed by atoms with Crippen LogP contribution in [-0.4, -0.2) is 43.5 Å². The topological polar surface area (TPSA) is 130 Å². The Hall–Kier alpha value is -4.00. The summed E-state index contributed by atoms with van der Waals surface area (Å²) < 4.78 is 27.5. The molecule has 0 N–H and O–H groups in total.